The van der Waals surface area contributed by atoms with Gasteiger partial charge in [0.25, 0.3) is 0 Å². The summed E-state index contributed by atoms with van der Waals surface area (Å²) in [6.45, 7) is 8.47. The molecule has 0 unspecified atom stereocenters. The van der Waals surface area contributed by atoms with E-state index in [1.54, 1.807) is 12.4 Å². The normalized spacial score (nSPS) is 11.8. The lowest BCUT2D eigenvalue weighted by molar-refractivity contribution is 0.469. The van der Waals surface area contributed by atoms with Crippen molar-refractivity contribution in [2.24, 2.45) is 9.98 Å². The van der Waals surface area contributed by atoms with Crippen LogP contribution in [0.15, 0.2) is 58.5 Å². The van der Waals surface area contributed by atoms with Gasteiger partial charge in [-0.25, -0.2) is 0 Å². The molecule has 3 rings (SSSR count). The summed E-state index contributed by atoms with van der Waals surface area (Å²) in [7, 11) is 0. The number of unbranched alkanes of at least 4 members (excludes halogenated alkanes) is 18. The van der Waals surface area contributed by atoms with Gasteiger partial charge in [0.15, 0.2) is 0 Å². The minimum Gasteiger partial charge on any atom is -0.507 e. The molecule has 0 aliphatic rings. The SMILES string of the molecule is CCCCCCCCCCCCc1cc(C)c(O)c(C=Nc2ccccc2N=Cc2cc(CCCCCCCCCCCC)cc(C)c2O)c1. The van der Waals surface area contributed by atoms with Crippen molar-refractivity contribution < 1.29 is 10.2 Å². The van der Waals surface area contributed by atoms with Crippen LogP contribution in [0.25, 0.3) is 0 Å². The lowest BCUT2D eigenvalue weighted by Gasteiger charge is -2.09. The third kappa shape index (κ3) is 15.7. The molecule has 0 spiro atoms. The fourth-order valence-electron chi connectivity index (χ4n) is 6.85. The Kier molecular flexibility index (Phi) is 20.3. The van der Waals surface area contributed by atoms with Crippen molar-refractivity contribution in [2.75, 3.05) is 0 Å². The van der Waals surface area contributed by atoms with E-state index in [2.05, 4.69) is 38.1 Å². The van der Waals surface area contributed by atoms with Crippen LogP contribution in [0, 0.1) is 13.8 Å². The van der Waals surface area contributed by atoms with Crippen molar-refractivity contribution in [3.05, 3.63) is 81.9 Å². The number of rotatable bonds is 26. The first kappa shape index (κ1) is 41.0. The highest BCUT2D eigenvalue weighted by molar-refractivity contribution is 5.90. The number of aryl methyl sites for hydroxylation is 4. The van der Waals surface area contributed by atoms with Crippen LogP contribution in [0.1, 0.15) is 176 Å². The molecule has 4 heteroatoms. The lowest BCUT2D eigenvalue weighted by Crippen LogP contribution is -1.93. The van der Waals surface area contributed by atoms with Crippen LogP contribution in [0.2, 0.25) is 0 Å². The van der Waals surface area contributed by atoms with E-state index in [1.165, 1.54) is 140 Å². The van der Waals surface area contributed by atoms with Gasteiger partial charge >= 0.3 is 0 Å². The summed E-state index contributed by atoms with van der Waals surface area (Å²) >= 11 is 0. The van der Waals surface area contributed by atoms with Crippen LogP contribution in [0.4, 0.5) is 11.4 Å². The van der Waals surface area contributed by atoms with Crippen molar-refractivity contribution in [2.45, 2.75) is 169 Å². The molecule has 274 valence electrons. The van der Waals surface area contributed by atoms with Crippen LogP contribution in [-0.4, -0.2) is 22.6 Å². The first-order chi connectivity index (χ1) is 24.4. The number of para-hydroxylation sites is 2. The summed E-state index contributed by atoms with van der Waals surface area (Å²) in [5, 5.41) is 21.7. The minimum absolute atomic E-state index is 0.279. The average Bonchev–Trinajstić information content (AvgIpc) is 3.11. The molecule has 0 fully saturated rings. The highest BCUT2D eigenvalue weighted by Crippen LogP contribution is 2.31. The molecule has 0 saturated heterocycles. The molecule has 0 aromatic heterocycles. The fourth-order valence-corrected chi connectivity index (χ4v) is 6.85. The number of aliphatic imine (C=N–C) groups is 2. The Bertz CT molecular complexity index is 1330. The maximum Gasteiger partial charge on any atom is 0.127 e. The Balaban J connectivity index is 1.55. The first-order valence-corrected chi connectivity index (χ1v) is 20.2. The molecule has 0 bridgehead atoms. The molecule has 0 aliphatic heterocycles. The smallest absolute Gasteiger partial charge is 0.127 e. The number of phenols is 2. The Morgan fingerprint density at radius 3 is 1.12 bits per heavy atom. The third-order valence-electron chi connectivity index (χ3n) is 9.98. The molecule has 50 heavy (non-hydrogen) atoms. The summed E-state index contributed by atoms with van der Waals surface area (Å²) in [5.74, 6) is 0.558. The number of hydrogen-bond acceptors (Lipinski definition) is 4. The van der Waals surface area contributed by atoms with E-state index >= 15 is 0 Å². The predicted molar refractivity (Wildman–Crippen MR) is 218 cm³/mol. The number of benzene rings is 3. The lowest BCUT2D eigenvalue weighted by atomic mass is 9.99. The van der Waals surface area contributed by atoms with E-state index < -0.39 is 0 Å². The summed E-state index contributed by atoms with van der Waals surface area (Å²) in [4.78, 5) is 9.55. The Hall–Kier alpha value is -3.40. The van der Waals surface area contributed by atoms with Crippen molar-refractivity contribution in [3.63, 3.8) is 0 Å². The van der Waals surface area contributed by atoms with Crippen molar-refractivity contribution in [3.8, 4) is 11.5 Å². The highest BCUT2D eigenvalue weighted by Gasteiger charge is 2.09. The standard InChI is InChI=1S/C46H68N2O2/c1-5-7-9-11-13-15-17-19-21-23-27-39-31-37(3)45(49)41(33-39)35-47-43-29-25-26-30-44(43)48-36-42-34-40(32-38(4)46(42)50)28-24-22-20-18-16-14-12-10-8-6-2/h25-26,29-36,49-50H,5-24,27-28H2,1-4H3. The molecule has 0 saturated carbocycles. The Labute approximate surface area is 305 Å². The van der Waals surface area contributed by atoms with Gasteiger partial charge in [0.05, 0.1) is 11.4 Å². The van der Waals surface area contributed by atoms with Gasteiger partial charge in [-0.3, -0.25) is 9.98 Å². The molecule has 0 radical (unpaired) electrons. The second kappa shape index (κ2) is 24.7. The summed E-state index contributed by atoms with van der Waals surface area (Å²) in [5.41, 5.74) is 7.17. The van der Waals surface area contributed by atoms with Gasteiger partial charge in [-0.15, -0.1) is 0 Å². The van der Waals surface area contributed by atoms with Crippen molar-refractivity contribution in [1.82, 2.24) is 0 Å². The average molecular weight is 681 g/mol. The number of aromatic hydroxyl groups is 2. The van der Waals surface area contributed by atoms with Gasteiger partial charge in [-0.2, -0.15) is 0 Å². The number of phenolic OH excluding ortho intramolecular Hbond substituents is 2. The minimum atomic E-state index is 0.279. The maximum absolute atomic E-state index is 10.9. The van der Waals surface area contributed by atoms with Crippen LogP contribution >= 0.6 is 0 Å². The zero-order valence-corrected chi connectivity index (χ0v) is 32.1. The second-order valence-electron chi connectivity index (χ2n) is 14.6. The summed E-state index contributed by atoms with van der Waals surface area (Å²) < 4.78 is 0. The highest BCUT2D eigenvalue weighted by atomic mass is 16.3. The molecule has 0 heterocycles. The topological polar surface area (TPSA) is 65.2 Å². The van der Waals surface area contributed by atoms with E-state index in [-0.39, 0.29) is 11.5 Å². The monoisotopic (exact) mass is 681 g/mol. The van der Waals surface area contributed by atoms with E-state index in [0.29, 0.717) is 0 Å². The Morgan fingerprint density at radius 2 is 0.780 bits per heavy atom. The van der Waals surface area contributed by atoms with Crippen LogP contribution in [0.5, 0.6) is 11.5 Å². The summed E-state index contributed by atoms with van der Waals surface area (Å²) in [6, 6.07) is 16.1. The molecule has 4 nitrogen and oxygen atoms in total. The van der Waals surface area contributed by atoms with E-state index in [0.717, 1.165) is 46.5 Å². The van der Waals surface area contributed by atoms with E-state index in [4.69, 9.17) is 9.98 Å². The maximum atomic E-state index is 10.9. The van der Waals surface area contributed by atoms with Crippen LogP contribution in [-0.2, 0) is 12.8 Å². The molecular weight excluding hydrogens is 613 g/mol. The van der Waals surface area contributed by atoms with Crippen molar-refractivity contribution >= 4 is 23.8 Å². The molecule has 3 aromatic carbocycles. The molecule has 3 aromatic rings. The van der Waals surface area contributed by atoms with Gasteiger partial charge < -0.3 is 10.2 Å². The first-order valence-electron chi connectivity index (χ1n) is 20.2. The van der Waals surface area contributed by atoms with E-state index in [1.807, 2.05) is 38.1 Å². The summed E-state index contributed by atoms with van der Waals surface area (Å²) in [6.07, 6.45) is 32.1. The van der Waals surface area contributed by atoms with Gasteiger partial charge in [0.2, 0.25) is 0 Å². The number of hydrogen-bond donors (Lipinski definition) is 2. The zero-order chi connectivity index (χ0) is 35.8. The van der Waals surface area contributed by atoms with Gasteiger partial charge in [0.1, 0.15) is 11.5 Å². The van der Waals surface area contributed by atoms with Gasteiger partial charge in [-0.05, 0) is 86.1 Å². The molecule has 0 atom stereocenters. The third-order valence-corrected chi connectivity index (χ3v) is 9.98. The quantitative estimate of drug-likeness (QED) is 0.0654. The zero-order valence-electron chi connectivity index (χ0n) is 32.1. The molecule has 2 N–H and O–H groups in total. The van der Waals surface area contributed by atoms with Crippen LogP contribution in [0.3, 0.4) is 0 Å². The second-order valence-corrected chi connectivity index (χ2v) is 14.6. The largest absolute Gasteiger partial charge is 0.507 e. The molecule has 0 amide bonds. The molecular formula is C46H68N2O2. The van der Waals surface area contributed by atoms with Crippen LogP contribution < -0.4 is 0 Å². The predicted octanol–water partition coefficient (Wildman–Crippen LogP) is 14.1. The molecule has 0 aliphatic carbocycles. The fraction of sp³-hybridized carbons (Fsp3) is 0.565. The van der Waals surface area contributed by atoms with E-state index in [9.17, 15) is 10.2 Å². The van der Waals surface area contributed by atoms with Gasteiger partial charge in [0, 0.05) is 23.6 Å². The van der Waals surface area contributed by atoms with Gasteiger partial charge in [-0.1, -0.05) is 154 Å². The number of nitrogens with zero attached hydrogens (tertiary/aromatic N) is 2. The Morgan fingerprint density at radius 1 is 0.460 bits per heavy atom. The van der Waals surface area contributed by atoms with Crippen molar-refractivity contribution in [1.29, 1.82) is 0 Å².